The lowest BCUT2D eigenvalue weighted by molar-refractivity contribution is -0.423. The van der Waals surface area contributed by atoms with E-state index in [0.29, 0.717) is 18.5 Å². The minimum Gasteiger partial charge on any atom is -0.303 e. The largest absolute Gasteiger partial charge is 0.349 e. The summed E-state index contributed by atoms with van der Waals surface area (Å²) in [6.45, 7) is 4.45. The fourth-order valence-electron chi connectivity index (χ4n) is 3.00. The van der Waals surface area contributed by atoms with Gasteiger partial charge in [-0.15, -0.1) is 0 Å². The molecular weight excluding hydrogens is 334 g/mol. The molecular formula is C19H23N3O4. The Bertz CT molecular complexity index is 750. The topological polar surface area (TPSA) is 89.5 Å². The first-order valence-electron chi connectivity index (χ1n) is 8.70. The molecule has 0 aromatic heterocycles. The highest BCUT2D eigenvalue weighted by Gasteiger charge is 2.27. The van der Waals surface area contributed by atoms with E-state index in [0.717, 1.165) is 25.9 Å². The maximum atomic E-state index is 11.3. The Morgan fingerprint density at radius 3 is 2.15 bits per heavy atom. The van der Waals surface area contributed by atoms with E-state index in [1.165, 1.54) is 17.7 Å². The Morgan fingerprint density at radius 2 is 1.54 bits per heavy atom. The third kappa shape index (κ3) is 5.35. The van der Waals surface area contributed by atoms with Crippen molar-refractivity contribution in [2.75, 3.05) is 19.6 Å². The van der Waals surface area contributed by atoms with Gasteiger partial charge in [0.2, 0.25) is 0 Å². The molecule has 0 spiro atoms. The minimum absolute atomic E-state index is 0.392. The zero-order valence-corrected chi connectivity index (χ0v) is 14.8. The highest BCUT2D eigenvalue weighted by Crippen LogP contribution is 2.30. The summed E-state index contributed by atoms with van der Waals surface area (Å²) in [7, 11) is 0. The molecule has 0 N–H and O–H groups in total. The zero-order chi connectivity index (χ0) is 18.9. The molecule has 0 atom stereocenters. The zero-order valence-electron chi connectivity index (χ0n) is 14.8. The maximum Gasteiger partial charge on any atom is 0.349 e. The van der Waals surface area contributed by atoms with Crippen LogP contribution in [-0.2, 0) is 12.8 Å². The van der Waals surface area contributed by atoms with E-state index in [-0.39, 0.29) is 0 Å². The van der Waals surface area contributed by atoms with Gasteiger partial charge in [-0.3, -0.25) is 20.2 Å². The van der Waals surface area contributed by atoms with Gasteiger partial charge in [-0.1, -0.05) is 49.4 Å². The third-order valence-electron chi connectivity index (χ3n) is 4.27. The predicted octanol–water partition coefficient (Wildman–Crippen LogP) is 4.00. The van der Waals surface area contributed by atoms with Crippen molar-refractivity contribution in [1.82, 2.24) is 4.90 Å². The molecule has 0 bridgehead atoms. The summed E-state index contributed by atoms with van der Waals surface area (Å²) >= 11 is 0. The van der Waals surface area contributed by atoms with Gasteiger partial charge >= 0.3 is 11.4 Å². The normalized spacial score (nSPS) is 10.8. The van der Waals surface area contributed by atoms with Gasteiger partial charge in [-0.05, 0) is 31.4 Å². The average Bonchev–Trinajstić information content (AvgIpc) is 2.64. The molecule has 0 saturated carbocycles. The molecule has 0 saturated heterocycles. The molecule has 7 nitrogen and oxygen atoms in total. The number of nitro benzene ring substituents is 2. The maximum absolute atomic E-state index is 11.3. The fraction of sp³-hybridized carbons (Fsp3) is 0.368. The smallest absolute Gasteiger partial charge is 0.303 e. The Balaban J connectivity index is 2.07. The second-order valence-corrected chi connectivity index (χ2v) is 6.13. The van der Waals surface area contributed by atoms with E-state index in [9.17, 15) is 20.2 Å². The Kier molecular flexibility index (Phi) is 7.23. The molecule has 0 unspecified atom stereocenters. The molecule has 2 rings (SSSR count). The lowest BCUT2D eigenvalue weighted by Crippen LogP contribution is -2.29. The number of rotatable bonds is 10. The van der Waals surface area contributed by atoms with Crippen LogP contribution in [0.25, 0.3) is 0 Å². The van der Waals surface area contributed by atoms with E-state index in [2.05, 4.69) is 24.0 Å². The Hall–Kier alpha value is -2.80. The van der Waals surface area contributed by atoms with Crippen LogP contribution < -0.4 is 0 Å². The molecule has 138 valence electrons. The lowest BCUT2D eigenvalue weighted by atomic mass is 10.1. The Morgan fingerprint density at radius 1 is 0.846 bits per heavy atom. The molecule has 7 heteroatoms. The van der Waals surface area contributed by atoms with Crippen molar-refractivity contribution < 1.29 is 9.85 Å². The number of benzene rings is 2. The van der Waals surface area contributed by atoms with E-state index in [1.54, 1.807) is 6.07 Å². The predicted molar refractivity (Wildman–Crippen MR) is 100 cm³/mol. The number of hydrogen-bond acceptors (Lipinski definition) is 5. The third-order valence-corrected chi connectivity index (χ3v) is 4.27. The quantitative estimate of drug-likeness (QED) is 0.473. The van der Waals surface area contributed by atoms with Crippen LogP contribution in [0.15, 0.2) is 48.5 Å². The van der Waals surface area contributed by atoms with Gasteiger partial charge in [0.1, 0.15) is 0 Å². The number of hydrogen-bond donors (Lipinski definition) is 0. The van der Waals surface area contributed by atoms with E-state index in [4.69, 9.17) is 0 Å². The molecule has 26 heavy (non-hydrogen) atoms. The lowest BCUT2D eigenvalue weighted by Gasteiger charge is -2.21. The van der Waals surface area contributed by atoms with Crippen LogP contribution in [0.4, 0.5) is 11.4 Å². The minimum atomic E-state index is -0.694. The van der Waals surface area contributed by atoms with Gasteiger partial charge in [0.05, 0.1) is 9.85 Å². The molecule has 0 heterocycles. The van der Waals surface area contributed by atoms with Crippen molar-refractivity contribution >= 4 is 11.4 Å². The molecule has 0 amide bonds. The van der Waals surface area contributed by atoms with Crippen LogP contribution in [0, 0.1) is 20.2 Å². The van der Waals surface area contributed by atoms with Crippen LogP contribution in [0.3, 0.4) is 0 Å². The first-order chi connectivity index (χ1) is 12.5. The van der Waals surface area contributed by atoms with Crippen molar-refractivity contribution in [1.29, 1.82) is 0 Å². The summed E-state index contributed by atoms with van der Waals surface area (Å²) in [5.74, 6) is 0. The van der Waals surface area contributed by atoms with Gasteiger partial charge in [-0.2, -0.15) is 0 Å². The van der Waals surface area contributed by atoms with Crippen LogP contribution in [0.2, 0.25) is 0 Å². The van der Waals surface area contributed by atoms with Crippen molar-refractivity contribution in [2.24, 2.45) is 0 Å². The molecule has 2 aromatic rings. The summed E-state index contributed by atoms with van der Waals surface area (Å²) in [5.41, 5.74) is 0.816. The van der Waals surface area contributed by atoms with E-state index >= 15 is 0 Å². The summed E-state index contributed by atoms with van der Waals surface area (Å²) in [4.78, 5) is 23.3. The molecule has 0 aliphatic heterocycles. The summed E-state index contributed by atoms with van der Waals surface area (Å²) in [5, 5.41) is 22.4. The van der Waals surface area contributed by atoms with Crippen molar-refractivity contribution in [3.05, 3.63) is 79.9 Å². The van der Waals surface area contributed by atoms with Crippen LogP contribution >= 0.6 is 0 Å². The standard InChI is InChI=1S/C19H23N3O4/c1-2-13-20(14-11-16-7-4-3-5-8-16)15-12-17-9-6-10-18(21(23)24)19(17)22(25)26/h3-10H,2,11-15H2,1H3. The molecule has 2 aromatic carbocycles. The van der Waals surface area contributed by atoms with E-state index in [1.807, 2.05) is 18.2 Å². The summed E-state index contributed by atoms with van der Waals surface area (Å²) < 4.78 is 0. The highest BCUT2D eigenvalue weighted by atomic mass is 16.6. The van der Waals surface area contributed by atoms with Crippen molar-refractivity contribution in [3.63, 3.8) is 0 Å². The molecule has 0 aliphatic carbocycles. The average molecular weight is 357 g/mol. The number of para-hydroxylation sites is 1. The van der Waals surface area contributed by atoms with Gasteiger partial charge in [-0.25, -0.2) is 0 Å². The van der Waals surface area contributed by atoms with Gasteiger partial charge < -0.3 is 4.90 Å². The SMILES string of the molecule is CCCN(CCc1ccccc1)CCc1cccc([N+](=O)[O-])c1[N+](=O)[O-]. The van der Waals surface area contributed by atoms with E-state index < -0.39 is 21.2 Å². The Labute approximate surface area is 152 Å². The highest BCUT2D eigenvalue weighted by molar-refractivity contribution is 5.57. The summed E-state index contributed by atoms with van der Waals surface area (Å²) in [6, 6.07) is 14.4. The second-order valence-electron chi connectivity index (χ2n) is 6.13. The first-order valence-corrected chi connectivity index (χ1v) is 8.70. The second kappa shape index (κ2) is 9.62. The van der Waals surface area contributed by atoms with Gasteiger partial charge in [0.15, 0.2) is 0 Å². The molecule has 0 radical (unpaired) electrons. The van der Waals surface area contributed by atoms with Gasteiger partial charge in [0, 0.05) is 24.7 Å². The van der Waals surface area contributed by atoms with Gasteiger partial charge in [0.25, 0.3) is 0 Å². The first kappa shape index (κ1) is 19.5. The number of nitrogens with zero attached hydrogens (tertiary/aromatic N) is 3. The van der Waals surface area contributed by atoms with Crippen LogP contribution in [0.5, 0.6) is 0 Å². The van der Waals surface area contributed by atoms with Crippen LogP contribution in [-0.4, -0.2) is 34.4 Å². The molecule has 0 aliphatic rings. The summed E-state index contributed by atoms with van der Waals surface area (Å²) in [6.07, 6.45) is 2.29. The molecule has 0 fully saturated rings. The fourth-order valence-corrected chi connectivity index (χ4v) is 3.00. The monoisotopic (exact) mass is 357 g/mol. The van der Waals surface area contributed by atoms with Crippen molar-refractivity contribution in [2.45, 2.75) is 26.2 Å². The number of nitro groups is 2. The van der Waals surface area contributed by atoms with Crippen molar-refractivity contribution in [3.8, 4) is 0 Å². The van der Waals surface area contributed by atoms with Crippen LogP contribution in [0.1, 0.15) is 24.5 Å².